The SMILES string of the molecule is CN1C(=O)Cc2cc(S(=O)(=O)N3CCN(C4CC4)CC3)ccc21. The van der Waals surface area contributed by atoms with E-state index in [0.29, 0.717) is 24.0 Å². The minimum absolute atomic E-state index is 0.00703. The van der Waals surface area contributed by atoms with Crippen LogP contribution in [-0.2, 0) is 21.2 Å². The van der Waals surface area contributed by atoms with E-state index < -0.39 is 10.0 Å². The maximum atomic E-state index is 12.9. The first-order valence-electron chi connectivity index (χ1n) is 8.10. The van der Waals surface area contributed by atoms with Gasteiger partial charge in [0, 0.05) is 45.0 Å². The standard InChI is InChI=1S/C16H21N3O3S/c1-17-15-5-4-14(10-12(15)11-16(17)20)23(21,22)19-8-6-18(7-9-19)13-2-3-13/h4-5,10,13H,2-3,6-9,11H2,1H3. The van der Waals surface area contributed by atoms with E-state index in [2.05, 4.69) is 4.90 Å². The van der Waals surface area contributed by atoms with Crippen molar-refractivity contribution in [2.75, 3.05) is 38.1 Å². The van der Waals surface area contributed by atoms with Gasteiger partial charge in [0.25, 0.3) is 0 Å². The van der Waals surface area contributed by atoms with E-state index in [1.807, 2.05) is 0 Å². The Hall–Kier alpha value is -1.44. The first kappa shape index (κ1) is 15.1. The lowest BCUT2D eigenvalue weighted by atomic mass is 10.2. The molecular formula is C16H21N3O3S. The second-order valence-electron chi connectivity index (χ2n) is 6.59. The molecule has 1 amide bonds. The van der Waals surface area contributed by atoms with Crippen molar-refractivity contribution in [1.29, 1.82) is 0 Å². The molecule has 0 unspecified atom stereocenters. The molecule has 6 nitrogen and oxygen atoms in total. The first-order valence-corrected chi connectivity index (χ1v) is 9.54. The van der Waals surface area contributed by atoms with Gasteiger partial charge in [-0.25, -0.2) is 8.42 Å². The fourth-order valence-electron chi connectivity index (χ4n) is 3.50. The summed E-state index contributed by atoms with van der Waals surface area (Å²) >= 11 is 0. The van der Waals surface area contributed by atoms with Crippen LogP contribution in [0.2, 0.25) is 0 Å². The quantitative estimate of drug-likeness (QED) is 0.815. The monoisotopic (exact) mass is 335 g/mol. The summed E-state index contributed by atoms with van der Waals surface area (Å²) in [4.78, 5) is 16.0. The van der Waals surface area contributed by atoms with Gasteiger partial charge < -0.3 is 4.90 Å². The van der Waals surface area contributed by atoms with Crippen LogP contribution in [0.5, 0.6) is 0 Å². The lowest BCUT2D eigenvalue weighted by Gasteiger charge is -2.34. The number of piperazine rings is 1. The number of hydrogen-bond donors (Lipinski definition) is 0. The second kappa shape index (κ2) is 5.29. The molecule has 0 atom stereocenters. The van der Waals surface area contributed by atoms with E-state index in [0.717, 1.165) is 24.3 Å². The molecule has 0 spiro atoms. The highest BCUT2D eigenvalue weighted by Gasteiger charge is 2.35. The maximum absolute atomic E-state index is 12.9. The van der Waals surface area contributed by atoms with Crippen LogP contribution >= 0.6 is 0 Å². The number of sulfonamides is 1. The molecule has 23 heavy (non-hydrogen) atoms. The highest BCUT2D eigenvalue weighted by atomic mass is 32.2. The Kier molecular flexibility index (Phi) is 3.48. The van der Waals surface area contributed by atoms with Gasteiger partial charge in [-0.05, 0) is 36.6 Å². The van der Waals surface area contributed by atoms with Crippen molar-refractivity contribution in [3.63, 3.8) is 0 Å². The third-order valence-electron chi connectivity index (χ3n) is 5.10. The van der Waals surface area contributed by atoms with Gasteiger partial charge in [0.1, 0.15) is 0 Å². The van der Waals surface area contributed by atoms with Crippen LogP contribution in [0.15, 0.2) is 23.1 Å². The van der Waals surface area contributed by atoms with Crippen molar-refractivity contribution in [2.45, 2.75) is 30.2 Å². The van der Waals surface area contributed by atoms with Crippen molar-refractivity contribution in [1.82, 2.24) is 9.21 Å². The molecule has 1 aromatic rings. The zero-order valence-electron chi connectivity index (χ0n) is 13.2. The molecule has 0 bridgehead atoms. The molecule has 0 aromatic heterocycles. The van der Waals surface area contributed by atoms with E-state index >= 15 is 0 Å². The molecule has 7 heteroatoms. The molecule has 3 aliphatic rings. The van der Waals surface area contributed by atoms with Crippen LogP contribution in [-0.4, -0.2) is 62.8 Å². The van der Waals surface area contributed by atoms with Gasteiger partial charge >= 0.3 is 0 Å². The Morgan fingerprint density at radius 2 is 1.78 bits per heavy atom. The van der Waals surface area contributed by atoms with Gasteiger partial charge in [-0.3, -0.25) is 9.69 Å². The number of amides is 1. The Bertz CT molecular complexity index is 750. The molecule has 0 radical (unpaired) electrons. The Morgan fingerprint density at radius 1 is 1.09 bits per heavy atom. The van der Waals surface area contributed by atoms with E-state index in [4.69, 9.17) is 0 Å². The molecule has 4 rings (SSSR count). The van der Waals surface area contributed by atoms with Crippen LogP contribution in [0, 0.1) is 0 Å². The topological polar surface area (TPSA) is 60.9 Å². The largest absolute Gasteiger partial charge is 0.315 e. The fraction of sp³-hybridized carbons (Fsp3) is 0.562. The molecule has 1 saturated heterocycles. The second-order valence-corrected chi connectivity index (χ2v) is 8.53. The smallest absolute Gasteiger partial charge is 0.243 e. The average Bonchev–Trinajstić information content (AvgIpc) is 3.35. The van der Waals surface area contributed by atoms with Crippen LogP contribution in [0.25, 0.3) is 0 Å². The summed E-state index contributed by atoms with van der Waals surface area (Å²) in [6.07, 6.45) is 2.78. The third-order valence-corrected chi connectivity index (χ3v) is 7.00. The maximum Gasteiger partial charge on any atom is 0.243 e. The van der Waals surface area contributed by atoms with Gasteiger partial charge in [0.2, 0.25) is 15.9 Å². The number of carbonyl (C=O) groups excluding carboxylic acids is 1. The molecule has 1 aromatic carbocycles. The van der Waals surface area contributed by atoms with Crippen molar-refractivity contribution in [2.24, 2.45) is 0 Å². The predicted molar refractivity (Wildman–Crippen MR) is 86.9 cm³/mol. The zero-order chi connectivity index (χ0) is 16.2. The molecule has 2 aliphatic heterocycles. The van der Waals surface area contributed by atoms with Crippen LogP contribution < -0.4 is 4.90 Å². The number of hydrogen-bond acceptors (Lipinski definition) is 4. The molecule has 124 valence electrons. The average molecular weight is 335 g/mol. The van der Waals surface area contributed by atoms with Crippen LogP contribution in [0.3, 0.4) is 0 Å². The van der Waals surface area contributed by atoms with Gasteiger partial charge in [-0.1, -0.05) is 0 Å². The summed E-state index contributed by atoms with van der Waals surface area (Å²) in [5.74, 6) is 0.00703. The number of nitrogens with zero attached hydrogens (tertiary/aromatic N) is 3. The lowest BCUT2D eigenvalue weighted by molar-refractivity contribution is -0.117. The number of anilines is 1. The summed E-state index contributed by atoms with van der Waals surface area (Å²) in [7, 11) is -1.75. The van der Waals surface area contributed by atoms with Crippen molar-refractivity contribution >= 4 is 21.6 Å². The number of fused-ring (bicyclic) bond motifs is 1. The first-order chi connectivity index (χ1) is 11.0. The normalized spacial score (nSPS) is 23.3. The van der Waals surface area contributed by atoms with Gasteiger partial charge in [0.05, 0.1) is 11.3 Å². The minimum atomic E-state index is -3.47. The zero-order valence-corrected chi connectivity index (χ0v) is 14.1. The molecule has 2 fully saturated rings. The van der Waals surface area contributed by atoms with Gasteiger partial charge in [0.15, 0.2) is 0 Å². The fourth-order valence-corrected chi connectivity index (χ4v) is 4.98. The molecule has 1 aliphatic carbocycles. The van der Waals surface area contributed by atoms with Crippen molar-refractivity contribution < 1.29 is 13.2 Å². The molecule has 2 heterocycles. The Balaban J connectivity index is 1.55. The third kappa shape index (κ3) is 2.56. The van der Waals surface area contributed by atoms with E-state index in [9.17, 15) is 13.2 Å². The van der Waals surface area contributed by atoms with E-state index in [1.165, 1.54) is 12.8 Å². The summed E-state index contributed by atoms with van der Waals surface area (Å²) < 4.78 is 27.3. The molecule has 0 N–H and O–H groups in total. The number of likely N-dealkylation sites (N-methyl/N-ethyl adjacent to an activating group) is 1. The predicted octanol–water partition coefficient (Wildman–Crippen LogP) is 0.674. The summed E-state index contributed by atoms with van der Waals surface area (Å²) in [6, 6.07) is 5.71. The highest BCUT2D eigenvalue weighted by Crippen LogP contribution is 2.32. The number of rotatable bonds is 3. The van der Waals surface area contributed by atoms with E-state index in [-0.39, 0.29) is 12.3 Å². The summed E-state index contributed by atoms with van der Waals surface area (Å²) in [5, 5.41) is 0. The van der Waals surface area contributed by atoms with E-state index in [1.54, 1.807) is 34.5 Å². The Labute approximate surface area is 136 Å². The van der Waals surface area contributed by atoms with Crippen molar-refractivity contribution in [3.8, 4) is 0 Å². The minimum Gasteiger partial charge on any atom is -0.315 e. The highest BCUT2D eigenvalue weighted by molar-refractivity contribution is 7.89. The molecular weight excluding hydrogens is 314 g/mol. The van der Waals surface area contributed by atoms with Crippen LogP contribution in [0.1, 0.15) is 18.4 Å². The Morgan fingerprint density at radius 3 is 2.43 bits per heavy atom. The summed E-state index contributed by atoms with van der Waals surface area (Å²) in [5.41, 5.74) is 1.61. The van der Waals surface area contributed by atoms with Gasteiger partial charge in [-0.15, -0.1) is 0 Å². The molecule has 1 saturated carbocycles. The van der Waals surface area contributed by atoms with Crippen molar-refractivity contribution in [3.05, 3.63) is 23.8 Å². The lowest BCUT2D eigenvalue weighted by Crippen LogP contribution is -2.49. The van der Waals surface area contributed by atoms with Crippen LogP contribution in [0.4, 0.5) is 5.69 Å². The van der Waals surface area contributed by atoms with Gasteiger partial charge in [-0.2, -0.15) is 4.31 Å². The summed E-state index contributed by atoms with van der Waals surface area (Å²) in [6.45, 7) is 2.73. The number of benzene rings is 1. The number of carbonyl (C=O) groups is 1.